The van der Waals surface area contributed by atoms with E-state index in [1.807, 2.05) is 72.8 Å². The molecule has 132 valence electrons. The van der Waals surface area contributed by atoms with Gasteiger partial charge in [-0.25, -0.2) is 0 Å². The molecule has 0 saturated heterocycles. The first kappa shape index (κ1) is 18.0. The molecule has 0 aliphatic carbocycles. The molecule has 26 heavy (non-hydrogen) atoms. The van der Waals surface area contributed by atoms with Crippen molar-refractivity contribution in [3.8, 4) is 5.75 Å². The van der Waals surface area contributed by atoms with Crippen LogP contribution in [0.15, 0.2) is 78.9 Å². The van der Waals surface area contributed by atoms with Gasteiger partial charge in [0.1, 0.15) is 5.75 Å². The molecule has 0 bridgehead atoms. The Morgan fingerprint density at radius 2 is 1.73 bits per heavy atom. The lowest BCUT2D eigenvalue weighted by molar-refractivity contribution is 0.0976. The predicted octanol–water partition coefficient (Wildman–Crippen LogP) is 5.77. The van der Waals surface area contributed by atoms with Crippen molar-refractivity contribution in [1.82, 2.24) is 0 Å². The van der Waals surface area contributed by atoms with E-state index in [9.17, 15) is 4.79 Å². The van der Waals surface area contributed by atoms with E-state index in [2.05, 4.69) is 5.32 Å². The van der Waals surface area contributed by atoms with Crippen molar-refractivity contribution in [2.45, 2.75) is 12.5 Å². The standard InChI is InChI=1S/C22H20ClNO2/c1-26-20-9-5-8-17(14-20)22(25)15-21(16-6-3-2-4-7-16)24-19-12-10-18(23)11-13-19/h2-14,21,24H,15H2,1H3. The summed E-state index contributed by atoms with van der Waals surface area (Å²) in [7, 11) is 1.60. The molecule has 0 aliphatic heterocycles. The fraction of sp³-hybridized carbons (Fsp3) is 0.136. The zero-order valence-electron chi connectivity index (χ0n) is 14.5. The minimum Gasteiger partial charge on any atom is -0.497 e. The van der Waals surface area contributed by atoms with Crippen LogP contribution in [0.1, 0.15) is 28.4 Å². The molecule has 4 heteroatoms. The van der Waals surface area contributed by atoms with Crippen molar-refractivity contribution in [3.63, 3.8) is 0 Å². The summed E-state index contributed by atoms with van der Waals surface area (Å²) in [5, 5.41) is 4.12. The average molecular weight is 366 g/mol. The Labute approximate surface area is 158 Å². The van der Waals surface area contributed by atoms with Gasteiger partial charge in [-0.3, -0.25) is 4.79 Å². The van der Waals surface area contributed by atoms with Gasteiger partial charge in [0.25, 0.3) is 0 Å². The van der Waals surface area contributed by atoms with Crippen molar-refractivity contribution >= 4 is 23.1 Å². The van der Waals surface area contributed by atoms with Gasteiger partial charge >= 0.3 is 0 Å². The first-order chi connectivity index (χ1) is 12.7. The molecule has 0 fully saturated rings. The van der Waals surface area contributed by atoms with Gasteiger partial charge in [-0.1, -0.05) is 54.1 Å². The Morgan fingerprint density at radius 1 is 1.00 bits per heavy atom. The van der Waals surface area contributed by atoms with E-state index in [4.69, 9.17) is 16.3 Å². The molecule has 0 radical (unpaired) electrons. The van der Waals surface area contributed by atoms with Crippen molar-refractivity contribution < 1.29 is 9.53 Å². The number of halogens is 1. The third kappa shape index (κ3) is 4.64. The minimum absolute atomic E-state index is 0.0548. The molecule has 0 aliphatic rings. The van der Waals surface area contributed by atoms with E-state index in [0.29, 0.717) is 22.8 Å². The van der Waals surface area contributed by atoms with Crippen molar-refractivity contribution in [1.29, 1.82) is 0 Å². The number of ketones is 1. The molecule has 0 spiro atoms. The second-order valence-electron chi connectivity index (χ2n) is 5.97. The number of nitrogens with one attached hydrogen (secondary N) is 1. The zero-order valence-corrected chi connectivity index (χ0v) is 15.2. The molecule has 0 amide bonds. The van der Waals surface area contributed by atoms with E-state index in [1.165, 1.54) is 0 Å². The molecule has 3 aromatic carbocycles. The molecule has 3 rings (SSSR count). The van der Waals surface area contributed by atoms with E-state index >= 15 is 0 Å². The minimum atomic E-state index is -0.143. The highest BCUT2D eigenvalue weighted by Gasteiger charge is 2.17. The molecule has 0 saturated carbocycles. The molecule has 0 aromatic heterocycles. The number of ether oxygens (including phenoxy) is 1. The van der Waals surface area contributed by atoms with Gasteiger partial charge in [0.05, 0.1) is 13.2 Å². The normalized spacial score (nSPS) is 11.6. The fourth-order valence-corrected chi connectivity index (χ4v) is 2.91. The van der Waals surface area contributed by atoms with Crippen molar-refractivity contribution in [3.05, 3.63) is 95.0 Å². The van der Waals surface area contributed by atoms with Crippen LogP contribution in [0.2, 0.25) is 5.02 Å². The van der Waals surface area contributed by atoms with Crippen LogP contribution < -0.4 is 10.1 Å². The quantitative estimate of drug-likeness (QED) is 0.540. The summed E-state index contributed by atoms with van der Waals surface area (Å²) in [6, 6.07) is 24.5. The molecule has 1 atom stereocenters. The third-order valence-electron chi connectivity index (χ3n) is 4.17. The summed E-state index contributed by atoms with van der Waals surface area (Å²) < 4.78 is 5.22. The van der Waals surface area contributed by atoms with Crippen LogP contribution in [0.3, 0.4) is 0 Å². The van der Waals surface area contributed by atoms with Crippen molar-refractivity contribution in [2.24, 2.45) is 0 Å². The zero-order chi connectivity index (χ0) is 18.4. The van der Waals surface area contributed by atoms with Gasteiger partial charge in [0, 0.05) is 22.7 Å². The molecule has 1 unspecified atom stereocenters. The van der Waals surface area contributed by atoms with Crippen LogP contribution in [0, 0.1) is 0 Å². The first-order valence-electron chi connectivity index (χ1n) is 8.40. The van der Waals surface area contributed by atoms with Gasteiger partial charge in [-0.2, -0.15) is 0 Å². The second-order valence-corrected chi connectivity index (χ2v) is 6.41. The van der Waals surface area contributed by atoms with Gasteiger partial charge in [0.2, 0.25) is 0 Å². The maximum Gasteiger partial charge on any atom is 0.165 e. The predicted molar refractivity (Wildman–Crippen MR) is 106 cm³/mol. The fourth-order valence-electron chi connectivity index (χ4n) is 2.78. The van der Waals surface area contributed by atoms with Crippen LogP contribution in [0.5, 0.6) is 5.75 Å². The van der Waals surface area contributed by atoms with Crippen LogP contribution >= 0.6 is 11.6 Å². The van der Waals surface area contributed by atoms with E-state index < -0.39 is 0 Å². The largest absolute Gasteiger partial charge is 0.497 e. The summed E-state index contributed by atoms with van der Waals surface area (Å²) in [6.07, 6.45) is 0.333. The van der Waals surface area contributed by atoms with Crippen LogP contribution in [-0.2, 0) is 0 Å². The number of anilines is 1. The molecule has 3 aromatic rings. The molecular weight excluding hydrogens is 346 g/mol. The first-order valence-corrected chi connectivity index (χ1v) is 8.78. The van der Waals surface area contributed by atoms with Crippen LogP contribution in [-0.4, -0.2) is 12.9 Å². The molecule has 0 heterocycles. The van der Waals surface area contributed by atoms with E-state index in [1.54, 1.807) is 13.2 Å². The Morgan fingerprint density at radius 3 is 2.42 bits per heavy atom. The number of rotatable bonds is 7. The monoisotopic (exact) mass is 365 g/mol. The SMILES string of the molecule is COc1cccc(C(=O)CC(Nc2ccc(Cl)cc2)c2ccccc2)c1. The smallest absolute Gasteiger partial charge is 0.165 e. The number of hydrogen-bond donors (Lipinski definition) is 1. The van der Waals surface area contributed by atoms with E-state index in [-0.39, 0.29) is 11.8 Å². The lowest BCUT2D eigenvalue weighted by atomic mass is 9.97. The van der Waals surface area contributed by atoms with Gasteiger partial charge in [-0.15, -0.1) is 0 Å². The maximum atomic E-state index is 12.8. The summed E-state index contributed by atoms with van der Waals surface area (Å²) in [4.78, 5) is 12.8. The average Bonchev–Trinajstić information content (AvgIpc) is 2.69. The number of carbonyl (C=O) groups is 1. The summed E-state index contributed by atoms with van der Waals surface area (Å²) >= 11 is 5.96. The van der Waals surface area contributed by atoms with Gasteiger partial charge in [0.15, 0.2) is 5.78 Å². The van der Waals surface area contributed by atoms with Crippen LogP contribution in [0.4, 0.5) is 5.69 Å². The highest BCUT2D eigenvalue weighted by atomic mass is 35.5. The summed E-state index contributed by atoms with van der Waals surface area (Å²) in [5.41, 5.74) is 2.61. The molecule has 3 nitrogen and oxygen atoms in total. The number of hydrogen-bond acceptors (Lipinski definition) is 3. The topological polar surface area (TPSA) is 38.3 Å². The Bertz CT molecular complexity index is 863. The number of methoxy groups -OCH3 is 1. The number of benzene rings is 3. The summed E-state index contributed by atoms with van der Waals surface area (Å²) in [6.45, 7) is 0. The Balaban J connectivity index is 1.83. The van der Waals surface area contributed by atoms with Gasteiger partial charge < -0.3 is 10.1 Å². The van der Waals surface area contributed by atoms with Crippen LogP contribution in [0.25, 0.3) is 0 Å². The number of carbonyl (C=O) groups excluding carboxylic acids is 1. The highest BCUT2D eigenvalue weighted by molar-refractivity contribution is 6.30. The Kier molecular flexibility index (Phi) is 5.92. The van der Waals surface area contributed by atoms with Crippen molar-refractivity contribution in [2.75, 3.05) is 12.4 Å². The number of Topliss-reactive ketones (excluding diaryl/α,β-unsaturated/α-hetero) is 1. The second kappa shape index (κ2) is 8.54. The maximum absolute atomic E-state index is 12.8. The Hall–Kier alpha value is -2.78. The van der Waals surface area contributed by atoms with E-state index in [0.717, 1.165) is 11.3 Å². The lowest BCUT2D eigenvalue weighted by Gasteiger charge is -2.20. The van der Waals surface area contributed by atoms with Gasteiger partial charge in [-0.05, 0) is 42.0 Å². The molecular formula is C22H20ClNO2. The summed E-state index contributed by atoms with van der Waals surface area (Å²) in [5.74, 6) is 0.733. The third-order valence-corrected chi connectivity index (χ3v) is 4.42. The highest BCUT2D eigenvalue weighted by Crippen LogP contribution is 2.26. The molecule has 1 N–H and O–H groups in total. The lowest BCUT2D eigenvalue weighted by Crippen LogP contribution is -2.15.